The molecule has 47 heavy (non-hydrogen) atoms. The van der Waals surface area contributed by atoms with Crippen LogP contribution < -0.4 is 0 Å². The Labute approximate surface area is 297 Å². The van der Waals surface area contributed by atoms with Crippen molar-refractivity contribution in [2.45, 2.75) is 219 Å². The fourth-order valence-corrected chi connectivity index (χ4v) is 0.731. The molecular formula is C39H97F3O5. The second-order valence-electron chi connectivity index (χ2n) is 17.4. The van der Waals surface area contributed by atoms with Gasteiger partial charge in [0.25, 0.3) is 0 Å². The molecule has 0 heterocycles. The minimum absolute atomic E-state index is 0. The smallest absolute Gasteiger partial charge is 0.396 e. The zero-order valence-corrected chi connectivity index (χ0v) is 31.1. The van der Waals surface area contributed by atoms with Crippen LogP contribution in [-0.2, 0) is 4.74 Å². The molecule has 0 spiro atoms. The van der Waals surface area contributed by atoms with E-state index in [0.29, 0.717) is 0 Å². The van der Waals surface area contributed by atoms with E-state index >= 15 is 0 Å². The highest BCUT2D eigenvalue weighted by molar-refractivity contribution is 4.92. The third-order valence-electron chi connectivity index (χ3n) is 7.89. The summed E-state index contributed by atoms with van der Waals surface area (Å²) in [4.78, 5) is 0. The lowest BCUT2D eigenvalue weighted by molar-refractivity contribution is -0.286. The van der Waals surface area contributed by atoms with Crippen LogP contribution in [0.1, 0.15) is 190 Å². The second kappa shape index (κ2) is 26.4. The van der Waals surface area contributed by atoms with Gasteiger partial charge >= 0.3 is 6.18 Å². The van der Waals surface area contributed by atoms with Gasteiger partial charge < -0.3 is 25.2 Å². The molecule has 0 amide bonds. The second-order valence-corrected chi connectivity index (χ2v) is 17.4. The van der Waals surface area contributed by atoms with Gasteiger partial charge in [0.1, 0.15) is 0 Å². The maximum Gasteiger partial charge on any atom is 0.417 e. The molecule has 0 bridgehead atoms. The number of rotatable bonds is 1. The van der Waals surface area contributed by atoms with E-state index < -0.39 is 22.8 Å². The molecule has 0 fully saturated rings. The summed E-state index contributed by atoms with van der Waals surface area (Å²) in [5, 5.41) is 35.7. The Balaban J connectivity index is -0.0000000376. The van der Waals surface area contributed by atoms with Gasteiger partial charge in [0.05, 0.1) is 17.3 Å². The molecule has 2 atom stereocenters. The average molecular weight is 703 g/mol. The Morgan fingerprint density at radius 2 is 0.723 bits per heavy atom. The predicted molar refractivity (Wildman–Crippen MR) is 210 cm³/mol. The van der Waals surface area contributed by atoms with Crippen molar-refractivity contribution in [3.8, 4) is 0 Å². The first-order valence-corrected chi connectivity index (χ1v) is 14.4. The molecule has 0 rings (SSSR count). The summed E-state index contributed by atoms with van der Waals surface area (Å²) >= 11 is 0. The number of halogens is 3. The standard InChI is InChI=1S/C8H18O.C7H13F3O.C7H16O.C6H14O.C5H12O.6CH4/c1-7(2,3)8(4,5)9-6;1-5(2,3)6(4,11)7(8,9)10;1-6(2,3)7(4,5)8;1-5(7)6(2,3)4;1-5(2,3)4-6;;;;;;/h1-6H3;11H,1-4H3;8H,1-5H3;5,7H,1-4H3;6H,4H2,1-3H3;6*1H4. The molecule has 0 aliphatic carbocycles. The fourth-order valence-electron chi connectivity index (χ4n) is 0.731. The molecule has 0 aliphatic heterocycles. The van der Waals surface area contributed by atoms with Gasteiger partial charge in [0.2, 0.25) is 0 Å². The van der Waals surface area contributed by atoms with Crippen LogP contribution in [-0.4, -0.2) is 63.2 Å². The lowest BCUT2D eigenvalue weighted by Crippen LogP contribution is -2.52. The summed E-state index contributed by atoms with van der Waals surface area (Å²) in [6, 6.07) is 0. The quantitative estimate of drug-likeness (QED) is 0.218. The molecule has 0 saturated heterocycles. The summed E-state index contributed by atoms with van der Waals surface area (Å²) in [6.45, 7) is 39.4. The number of hydrogen-bond donors (Lipinski definition) is 4. The number of alkyl halides is 3. The zero-order valence-electron chi connectivity index (χ0n) is 31.1. The molecular weight excluding hydrogens is 605 g/mol. The summed E-state index contributed by atoms with van der Waals surface area (Å²) in [6.07, 6.45) is -4.77. The number of methoxy groups -OCH3 is 1. The first-order valence-electron chi connectivity index (χ1n) is 14.4. The number of hydrogen-bond acceptors (Lipinski definition) is 5. The van der Waals surface area contributed by atoms with Crippen molar-refractivity contribution < 1.29 is 38.3 Å². The average Bonchev–Trinajstić information content (AvgIpc) is 2.64. The first kappa shape index (κ1) is 76.4. The van der Waals surface area contributed by atoms with Gasteiger partial charge in [-0.15, -0.1) is 0 Å². The maximum absolute atomic E-state index is 12.1. The van der Waals surface area contributed by atoms with Gasteiger partial charge in [-0.2, -0.15) is 13.2 Å². The Bertz CT molecular complexity index is 628. The lowest BCUT2D eigenvalue weighted by Gasteiger charge is -2.38. The minimum atomic E-state index is -4.56. The summed E-state index contributed by atoms with van der Waals surface area (Å²) in [5.41, 5.74) is -4.03. The monoisotopic (exact) mass is 703 g/mol. The van der Waals surface area contributed by atoms with Crippen molar-refractivity contribution in [2.24, 2.45) is 27.1 Å². The third-order valence-corrected chi connectivity index (χ3v) is 7.89. The molecule has 2 unspecified atom stereocenters. The van der Waals surface area contributed by atoms with Crippen molar-refractivity contribution in [3.05, 3.63) is 0 Å². The van der Waals surface area contributed by atoms with Crippen molar-refractivity contribution in [1.82, 2.24) is 0 Å². The van der Waals surface area contributed by atoms with E-state index in [1.165, 1.54) is 20.8 Å². The SMILES string of the molecule is C.C.C.C.C.C.CC(C)(C)C(C)(C)O.CC(C)(C)C(C)(O)C(F)(F)F.CC(C)(C)CO.CC(O)C(C)(C)C.COC(C)(C)C(C)(C)C. The summed E-state index contributed by atoms with van der Waals surface area (Å²) < 4.78 is 41.5. The van der Waals surface area contributed by atoms with E-state index in [0.717, 1.165) is 6.92 Å². The van der Waals surface area contributed by atoms with Crippen LogP contribution in [0.3, 0.4) is 0 Å². The molecule has 0 aliphatic rings. The minimum Gasteiger partial charge on any atom is -0.396 e. The van der Waals surface area contributed by atoms with E-state index in [1.54, 1.807) is 14.0 Å². The molecule has 8 heteroatoms. The van der Waals surface area contributed by atoms with E-state index in [-0.39, 0.29) is 84.5 Å². The van der Waals surface area contributed by atoms with Crippen LogP contribution >= 0.6 is 0 Å². The van der Waals surface area contributed by atoms with Crippen LogP contribution in [0.4, 0.5) is 13.2 Å². The van der Waals surface area contributed by atoms with Gasteiger partial charge in [-0.3, -0.25) is 0 Å². The number of aliphatic hydroxyl groups excluding tert-OH is 2. The molecule has 0 radical (unpaired) electrons. The Hall–Kier alpha value is -0.410. The Kier molecular flexibility index (Phi) is 43.0. The topological polar surface area (TPSA) is 90.2 Å². The highest BCUT2D eigenvalue weighted by Crippen LogP contribution is 2.42. The van der Waals surface area contributed by atoms with Gasteiger partial charge in [-0.25, -0.2) is 0 Å². The van der Waals surface area contributed by atoms with Crippen molar-refractivity contribution in [3.63, 3.8) is 0 Å². The van der Waals surface area contributed by atoms with Crippen molar-refractivity contribution in [2.75, 3.05) is 13.7 Å². The highest BCUT2D eigenvalue weighted by Gasteiger charge is 2.56. The predicted octanol–water partition coefficient (Wildman–Crippen LogP) is 12.9. The van der Waals surface area contributed by atoms with Gasteiger partial charge in [-0.05, 0) is 68.6 Å². The zero-order chi connectivity index (χ0) is 35.5. The molecule has 4 N–H and O–H groups in total. The molecule has 304 valence electrons. The molecule has 0 aromatic carbocycles. The van der Waals surface area contributed by atoms with Crippen LogP contribution in [0, 0.1) is 27.1 Å². The van der Waals surface area contributed by atoms with Crippen LogP contribution in [0.15, 0.2) is 0 Å². The number of ether oxygens (including phenoxy) is 1. The third kappa shape index (κ3) is 38.2. The molecule has 0 aromatic heterocycles. The first-order chi connectivity index (χ1) is 17.1. The summed E-state index contributed by atoms with van der Waals surface area (Å²) in [5.74, 6) is 0. The van der Waals surface area contributed by atoms with Crippen LogP contribution in [0.2, 0.25) is 0 Å². The molecule has 5 nitrogen and oxygen atoms in total. The van der Waals surface area contributed by atoms with Crippen molar-refractivity contribution >= 4 is 0 Å². The fraction of sp³-hybridized carbons (Fsp3) is 1.00. The molecule has 0 saturated carbocycles. The highest BCUT2D eigenvalue weighted by atomic mass is 19.4. The van der Waals surface area contributed by atoms with Crippen LogP contribution in [0.5, 0.6) is 0 Å². The van der Waals surface area contributed by atoms with E-state index in [2.05, 4.69) is 34.6 Å². The Morgan fingerprint density at radius 3 is 0.723 bits per heavy atom. The van der Waals surface area contributed by atoms with Gasteiger partial charge in [0, 0.05) is 13.7 Å². The normalized spacial score (nSPS) is 13.7. The molecule has 0 aromatic rings. The van der Waals surface area contributed by atoms with Crippen molar-refractivity contribution in [1.29, 1.82) is 0 Å². The largest absolute Gasteiger partial charge is 0.417 e. The van der Waals surface area contributed by atoms with Crippen LogP contribution in [0.25, 0.3) is 0 Å². The van der Waals surface area contributed by atoms with Gasteiger partial charge in [-0.1, -0.05) is 148 Å². The Morgan fingerprint density at radius 1 is 0.532 bits per heavy atom. The van der Waals surface area contributed by atoms with E-state index in [9.17, 15) is 18.3 Å². The van der Waals surface area contributed by atoms with E-state index in [1.807, 2.05) is 76.2 Å². The van der Waals surface area contributed by atoms with E-state index in [4.69, 9.17) is 20.1 Å². The number of aliphatic hydroxyl groups is 4. The lowest BCUT2D eigenvalue weighted by atomic mass is 9.77. The maximum atomic E-state index is 12.1. The summed E-state index contributed by atoms with van der Waals surface area (Å²) in [7, 11) is 1.76. The van der Waals surface area contributed by atoms with Gasteiger partial charge in [0.15, 0.2) is 5.60 Å².